The van der Waals surface area contributed by atoms with E-state index in [4.69, 9.17) is 20.5 Å². The van der Waals surface area contributed by atoms with Crippen LogP contribution in [-0.2, 0) is 0 Å². The quantitative estimate of drug-likeness (QED) is 0.525. The number of non-ortho nitro benzene ring substituents is 1. The van der Waals surface area contributed by atoms with Gasteiger partial charge in [0, 0.05) is 23.9 Å². The predicted octanol–water partition coefficient (Wildman–Crippen LogP) is 2.85. The lowest BCUT2D eigenvalue weighted by Crippen LogP contribution is -1.95. The number of anilines is 1. The summed E-state index contributed by atoms with van der Waals surface area (Å²) in [5, 5.41) is 19.6. The highest BCUT2D eigenvalue weighted by Gasteiger charge is 2.12. The molecule has 0 spiro atoms. The van der Waals surface area contributed by atoms with Gasteiger partial charge in [0.15, 0.2) is 11.5 Å². The molecule has 0 saturated heterocycles. The number of hydrogen-bond acceptors (Lipinski definition) is 6. The molecular formula is C14H11N3O4. The summed E-state index contributed by atoms with van der Waals surface area (Å²) in [7, 11) is 1.44. The highest BCUT2D eigenvalue weighted by Crippen LogP contribution is 2.34. The number of nitro benzene ring substituents is 1. The molecule has 0 amide bonds. The van der Waals surface area contributed by atoms with Gasteiger partial charge < -0.3 is 15.2 Å². The Morgan fingerprint density at radius 1 is 1.24 bits per heavy atom. The number of ether oxygens (including phenoxy) is 2. The second-order valence-corrected chi connectivity index (χ2v) is 4.10. The minimum absolute atomic E-state index is 0.169. The van der Waals surface area contributed by atoms with Crippen molar-refractivity contribution in [3.63, 3.8) is 0 Å². The van der Waals surface area contributed by atoms with Crippen LogP contribution in [-0.4, -0.2) is 12.0 Å². The normalized spacial score (nSPS) is 9.71. The van der Waals surface area contributed by atoms with Gasteiger partial charge in [0.25, 0.3) is 5.69 Å². The van der Waals surface area contributed by atoms with E-state index in [2.05, 4.69) is 0 Å². The summed E-state index contributed by atoms with van der Waals surface area (Å²) in [5.41, 5.74) is 6.07. The molecular weight excluding hydrogens is 274 g/mol. The van der Waals surface area contributed by atoms with E-state index in [9.17, 15) is 10.1 Å². The molecule has 0 atom stereocenters. The molecule has 0 fully saturated rings. The molecule has 0 aromatic heterocycles. The summed E-state index contributed by atoms with van der Waals surface area (Å²) in [5.74, 6) is 0.889. The Morgan fingerprint density at radius 2 is 2.00 bits per heavy atom. The van der Waals surface area contributed by atoms with E-state index in [1.807, 2.05) is 6.07 Å². The molecule has 2 aromatic rings. The number of hydrogen-bond donors (Lipinski definition) is 1. The number of methoxy groups -OCH3 is 1. The Balaban J connectivity index is 2.38. The zero-order chi connectivity index (χ0) is 15.4. The first-order chi connectivity index (χ1) is 10.0. The Hall–Kier alpha value is -3.27. The average molecular weight is 285 g/mol. The fraction of sp³-hybridized carbons (Fsp3) is 0.0714. The van der Waals surface area contributed by atoms with Crippen molar-refractivity contribution >= 4 is 11.4 Å². The largest absolute Gasteiger partial charge is 0.493 e. The standard InChI is InChI=1S/C14H11N3O4/c1-20-14-4-9(8-15)2-3-13(14)21-12-6-10(16)5-11(7-12)17(18)19/h2-7H,16H2,1H3. The second kappa shape index (κ2) is 5.79. The van der Waals surface area contributed by atoms with Crippen LogP contribution in [0.25, 0.3) is 0 Å². The molecule has 2 N–H and O–H groups in total. The first-order valence-corrected chi connectivity index (χ1v) is 5.84. The van der Waals surface area contributed by atoms with Crippen LogP contribution in [0.3, 0.4) is 0 Å². The van der Waals surface area contributed by atoms with Gasteiger partial charge in [-0.05, 0) is 12.1 Å². The maximum Gasteiger partial charge on any atom is 0.275 e. The van der Waals surface area contributed by atoms with Crippen LogP contribution in [0.4, 0.5) is 11.4 Å². The molecule has 0 radical (unpaired) electrons. The third-order valence-electron chi connectivity index (χ3n) is 2.64. The van der Waals surface area contributed by atoms with Gasteiger partial charge in [-0.3, -0.25) is 10.1 Å². The third-order valence-corrected chi connectivity index (χ3v) is 2.64. The highest BCUT2D eigenvalue weighted by molar-refractivity contribution is 5.55. The van der Waals surface area contributed by atoms with Gasteiger partial charge in [-0.25, -0.2) is 0 Å². The molecule has 0 aliphatic carbocycles. The minimum Gasteiger partial charge on any atom is -0.493 e. The Morgan fingerprint density at radius 3 is 2.62 bits per heavy atom. The van der Waals surface area contributed by atoms with Crippen molar-refractivity contribution in [3.05, 3.63) is 52.1 Å². The number of nitrogens with two attached hydrogens (primary N) is 1. The molecule has 0 unspecified atom stereocenters. The van der Waals surface area contributed by atoms with Crippen LogP contribution in [0.1, 0.15) is 5.56 Å². The second-order valence-electron chi connectivity index (χ2n) is 4.10. The van der Waals surface area contributed by atoms with Crippen LogP contribution < -0.4 is 15.2 Å². The SMILES string of the molecule is COc1cc(C#N)ccc1Oc1cc(N)cc([N+](=O)[O-])c1. The Kier molecular flexibility index (Phi) is 3.90. The minimum atomic E-state index is -0.556. The van der Waals surface area contributed by atoms with Crippen molar-refractivity contribution in [1.82, 2.24) is 0 Å². The molecule has 0 bridgehead atoms. The van der Waals surface area contributed by atoms with E-state index in [-0.39, 0.29) is 17.1 Å². The molecule has 2 aromatic carbocycles. The Labute approximate surface area is 120 Å². The van der Waals surface area contributed by atoms with E-state index >= 15 is 0 Å². The average Bonchev–Trinajstić information content (AvgIpc) is 2.47. The molecule has 2 rings (SSSR count). The zero-order valence-corrected chi connectivity index (χ0v) is 11.1. The fourth-order valence-electron chi connectivity index (χ4n) is 1.72. The Bertz CT molecular complexity index is 737. The fourth-order valence-corrected chi connectivity index (χ4v) is 1.72. The van der Waals surface area contributed by atoms with E-state index < -0.39 is 4.92 Å². The monoisotopic (exact) mass is 285 g/mol. The maximum atomic E-state index is 10.8. The number of nitriles is 1. The lowest BCUT2D eigenvalue weighted by atomic mass is 10.2. The van der Waals surface area contributed by atoms with Gasteiger partial charge in [0.05, 0.1) is 29.7 Å². The van der Waals surface area contributed by atoms with Crippen LogP contribution in [0, 0.1) is 21.4 Å². The summed E-state index contributed by atoms with van der Waals surface area (Å²) in [6.07, 6.45) is 0. The number of nitrogens with zero attached hydrogens (tertiary/aromatic N) is 2. The molecule has 7 heteroatoms. The van der Waals surface area contributed by atoms with E-state index in [1.165, 1.54) is 31.4 Å². The molecule has 0 aliphatic rings. The van der Waals surface area contributed by atoms with Gasteiger partial charge in [0.1, 0.15) is 5.75 Å². The smallest absolute Gasteiger partial charge is 0.275 e. The topological polar surface area (TPSA) is 111 Å². The first kappa shape index (κ1) is 14.1. The van der Waals surface area contributed by atoms with Crippen LogP contribution in [0.15, 0.2) is 36.4 Å². The molecule has 7 nitrogen and oxygen atoms in total. The number of rotatable bonds is 4. The summed E-state index contributed by atoms with van der Waals surface area (Å²) in [6.45, 7) is 0. The lowest BCUT2D eigenvalue weighted by Gasteiger charge is -2.10. The van der Waals surface area contributed by atoms with Crippen molar-refractivity contribution in [2.45, 2.75) is 0 Å². The van der Waals surface area contributed by atoms with Gasteiger partial charge in [-0.1, -0.05) is 0 Å². The number of nitro groups is 1. The van der Waals surface area contributed by atoms with Crippen molar-refractivity contribution in [2.75, 3.05) is 12.8 Å². The molecule has 0 aliphatic heterocycles. The predicted molar refractivity (Wildman–Crippen MR) is 75.3 cm³/mol. The third kappa shape index (κ3) is 3.19. The van der Waals surface area contributed by atoms with E-state index in [0.29, 0.717) is 17.1 Å². The highest BCUT2D eigenvalue weighted by atomic mass is 16.6. The van der Waals surface area contributed by atoms with Gasteiger partial charge in [-0.15, -0.1) is 0 Å². The summed E-state index contributed by atoms with van der Waals surface area (Å²) in [4.78, 5) is 10.2. The molecule has 21 heavy (non-hydrogen) atoms. The zero-order valence-electron chi connectivity index (χ0n) is 11.1. The lowest BCUT2D eigenvalue weighted by molar-refractivity contribution is -0.384. The summed E-state index contributed by atoms with van der Waals surface area (Å²) >= 11 is 0. The van der Waals surface area contributed by atoms with Crippen molar-refractivity contribution in [2.24, 2.45) is 0 Å². The number of nitrogen functional groups attached to an aromatic ring is 1. The van der Waals surface area contributed by atoms with Crippen LogP contribution >= 0.6 is 0 Å². The molecule has 0 heterocycles. The van der Waals surface area contributed by atoms with Crippen molar-refractivity contribution < 1.29 is 14.4 Å². The van der Waals surface area contributed by atoms with E-state index in [1.54, 1.807) is 12.1 Å². The van der Waals surface area contributed by atoms with Gasteiger partial charge in [-0.2, -0.15) is 5.26 Å². The van der Waals surface area contributed by atoms with Gasteiger partial charge >= 0.3 is 0 Å². The van der Waals surface area contributed by atoms with Crippen LogP contribution in [0.2, 0.25) is 0 Å². The van der Waals surface area contributed by atoms with Crippen LogP contribution in [0.5, 0.6) is 17.2 Å². The van der Waals surface area contributed by atoms with Crippen molar-refractivity contribution in [1.29, 1.82) is 5.26 Å². The first-order valence-electron chi connectivity index (χ1n) is 5.84. The van der Waals surface area contributed by atoms with E-state index in [0.717, 1.165) is 0 Å². The van der Waals surface area contributed by atoms with Gasteiger partial charge in [0.2, 0.25) is 0 Å². The summed E-state index contributed by atoms with van der Waals surface area (Å²) in [6, 6.07) is 10.6. The van der Waals surface area contributed by atoms with Crippen molar-refractivity contribution in [3.8, 4) is 23.3 Å². The maximum absolute atomic E-state index is 10.8. The molecule has 106 valence electrons. The summed E-state index contributed by atoms with van der Waals surface area (Å²) < 4.78 is 10.7. The number of benzene rings is 2. The molecule has 0 saturated carbocycles.